The first kappa shape index (κ1) is 17.8. The van der Waals surface area contributed by atoms with E-state index < -0.39 is 0 Å². The fourth-order valence-electron chi connectivity index (χ4n) is 1.21. The van der Waals surface area contributed by atoms with Crippen LogP contribution in [0.1, 0.15) is 33.1 Å². The normalized spacial score (nSPS) is 12.6. The van der Waals surface area contributed by atoms with E-state index in [1.54, 1.807) is 6.92 Å². The lowest BCUT2D eigenvalue weighted by molar-refractivity contribution is -0.917. The molecule has 1 atom stereocenters. The van der Waals surface area contributed by atoms with Crippen LogP contribution in [0.2, 0.25) is 0 Å². The van der Waals surface area contributed by atoms with Crippen LogP contribution in [0.4, 0.5) is 0 Å². The summed E-state index contributed by atoms with van der Waals surface area (Å²) in [6, 6.07) is 0. The predicted molar refractivity (Wildman–Crippen MR) is 62.3 cm³/mol. The van der Waals surface area contributed by atoms with E-state index in [9.17, 15) is 4.79 Å². The second-order valence-electron chi connectivity index (χ2n) is 4.90. The number of hydrogen-bond donors (Lipinski definition) is 0. The van der Waals surface area contributed by atoms with Gasteiger partial charge in [0.15, 0.2) is 0 Å². The van der Waals surface area contributed by atoms with Crippen molar-refractivity contribution in [1.29, 1.82) is 0 Å². The molecule has 0 aliphatic heterocycles. The van der Waals surface area contributed by atoms with Gasteiger partial charge in [0.25, 0.3) is 0 Å². The molecular formula is C12H24ClNO2. The fourth-order valence-corrected chi connectivity index (χ4v) is 1.21. The summed E-state index contributed by atoms with van der Waals surface area (Å²) in [4.78, 5) is 11.4. The number of hydrogen-bond acceptors (Lipinski definition) is 2. The highest BCUT2D eigenvalue weighted by Crippen LogP contribution is 2.14. The summed E-state index contributed by atoms with van der Waals surface area (Å²) in [6.07, 6.45) is 3.01. The molecule has 1 unspecified atom stereocenters. The molecule has 16 heavy (non-hydrogen) atoms. The third kappa shape index (κ3) is 6.85. The van der Waals surface area contributed by atoms with E-state index in [-0.39, 0.29) is 24.6 Å². The highest BCUT2D eigenvalue weighted by atomic mass is 35.5. The van der Waals surface area contributed by atoms with Crippen molar-refractivity contribution in [2.24, 2.45) is 0 Å². The molecule has 0 fully saturated rings. The van der Waals surface area contributed by atoms with E-state index in [0.717, 1.165) is 19.3 Å². The minimum atomic E-state index is -0.288. The Labute approximate surface area is 105 Å². The molecular weight excluding hydrogens is 226 g/mol. The first-order valence-corrected chi connectivity index (χ1v) is 5.46. The third-order valence-corrected chi connectivity index (χ3v) is 2.26. The minimum Gasteiger partial charge on any atom is -1.00 e. The lowest BCUT2D eigenvalue weighted by Crippen LogP contribution is -3.00. The van der Waals surface area contributed by atoms with Gasteiger partial charge >= 0.3 is 5.97 Å². The summed E-state index contributed by atoms with van der Waals surface area (Å²) >= 11 is 0. The highest BCUT2D eigenvalue weighted by Gasteiger charge is 2.27. The van der Waals surface area contributed by atoms with Gasteiger partial charge < -0.3 is 17.1 Å². The van der Waals surface area contributed by atoms with E-state index in [1.807, 2.05) is 21.1 Å². The van der Waals surface area contributed by atoms with Gasteiger partial charge in [-0.2, -0.15) is 0 Å². The molecule has 0 saturated heterocycles. The summed E-state index contributed by atoms with van der Waals surface area (Å²) in [5.41, 5.74) is 0.463. The van der Waals surface area contributed by atoms with Crippen LogP contribution in [0.25, 0.3) is 0 Å². The van der Waals surface area contributed by atoms with Crippen molar-refractivity contribution in [1.82, 2.24) is 0 Å². The van der Waals surface area contributed by atoms with Crippen LogP contribution in [0.3, 0.4) is 0 Å². The lowest BCUT2D eigenvalue weighted by Gasteiger charge is -2.33. The van der Waals surface area contributed by atoms with E-state index in [2.05, 4.69) is 13.5 Å². The van der Waals surface area contributed by atoms with Crippen molar-refractivity contribution >= 4 is 5.97 Å². The molecule has 0 aliphatic carbocycles. The van der Waals surface area contributed by atoms with Crippen LogP contribution >= 0.6 is 0 Å². The summed E-state index contributed by atoms with van der Waals surface area (Å²) in [6.45, 7) is 7.40. The summed E-state index contributed by atoms with van der Waals surface area (Å²) in [5.74, 6) is -0.288. The Morgan fingerprint density at radius 2 is 1.88 bits per heavy atom. The van der Waals surface area contributed by atoms with Crippen molar-refractivity contribution in [3.8, 4) is 0 Å². The summed E-state index contributed by atoms with van der Waals surface area (Å²) in [7, 11) is 6.10. The number of esters is 1. The third-order valence-electron chi connectivity index (χ3n) is 2.26. The zero-order chi connectivity index (χ0) is 12.1. The second-order valence-corrected chi connectivity index (χ2v) is 4.90. The van der Waals surface area contributed by atoms with E-state index in [0.29, 0.717) is 10.1 Å². The standard InChI is InChI=1S/C12H24NO2.ClH/c1-7-8-9-11(13(4,5)6)15-12(14)10(2)3;/h11H,2,7-9H2,1,3-6H3;1H/q+1;/p-1. The van der Waals surface area contributed by atoms with Gasteiger partial charge in [-0.3, -0.25) is 4.48 Å². The number of halogens is 1. The quantitative estimate of drug-likeness (QED) is 0.270. The molecule has 0 aromatic carbocycles. The Hall–Kier alpha value is -0.540. The van der Waals surface area contributed by atoms with Gasteiger partial charge in [0.05, 0.1) is 21.1 Å². The molecule has 3 nitrogen and oxygen atoms in total. The van der Waals surface area contributed by atoms with Gasteiger partial charge in [-0.1, -0.05) is 19.9 Å². The number of ether oxygens (including phenoxy) is 1. The lowest BCUT2D eigenvalue weighted by atomic mass is 10.2. The highest BCUT2D eigenvalue weighted by molar-refractivity contribution is 5.86. The maximum atomic E-state index is 11.4. The first-order chi connectivity index (χ1) is 6.79. The molecule has 4 heteroatoms. The van der Waals surface area contributed by atoms with Gasteiger partial charge in [-0.05, 0) is 13.3 Å². The van der Waals surface area contributed by atoms with E-state index in [1.165, 1.54) is 0 Å². The number of carbonyl (C=O) groups excluding carboxylic acids is 1. The molecule has 0 amide bonds. The number of nitrogens with zero attached hydrogens (tertiary/aromatic N) is 1. The van der Waals surface area contributed by atoms with Crippen molar-refractivity contribution < 1.29 is 26.4 Å². The number of quaternary nitrogens is 1. The predicted octanol–water partition coefficient (Wildman–Crippen LogP) is -0.668. The summed E-state index contributed by atoms with van der Waals surface area (Å²) in [5, 5.41) is 0. The van der Waals surface area contributed by atoms with Crippen molar-refractivity contribution in [2.75, 3.05) is 21.1 Å². The van der Waals surface area contributed by atoms with Crippen molar-refractivity contribution in [3.05, 3.63) is 12.2 Å². The van der Waals surface area contributed by atoms with Crippen molar-refractivity contribution in [2.45, 2.75) is 39.3 Å². The molecule has 0 aromatic rings. The van der Waals surface area contributed by atoms with E-state index in [4.69, 9.17) is 4.74 Å². The average molecular weight is 250 g/mol. The number of carbonyl (C=O) groups is 1. The van der Waals surface area contributed by atoms with E-state index >= 15 is 0 Å². The van der Waals surface area contributed by atoms with Gasteiger partial charge in [0.2, 0.25) is 6.23 Å². The van der Waals surface area contributed by atoms with Crippen LogP contribution in [0.15, 0.2) is 12.2 Å². The topological polar surface area (TPSA) is 26.3 Å². The molecule has 0 rings (SSSR count). The second kappa shape index (κ2) is 7.69. The molecule has 96 valence electrons. The Morgan fingerprint density at radius 1 is 1.38 bits per heavy atom. The molecule has 0 aromatic heterocycles. The Bertz CT molecular complexity index is 234. The maximum Gasteiger partial charge on any atom is 0.337 e. The monoisotopic (exact) mass is 249 g/mol. The molecule has 0 aliphatic rings. The molecule has 0 heterocycles. The van der Waals surface area contributed by atoms with Crippen LogP contribution < -0.4 is 12.4 Å². The molecule has 0 N–H and O–H groups in total. The van der Waals surface area contributed by atoms with Gasteiger partial charge in [-0.25, -0.2) is 4.79 Å². The zero-order valence-electron chi connectivity index (χ0n) is 11.0. The average Bonchev–Trinajstić information content (AvgIpc) is 2.09. The van der Waals surface area contributed by atoms with Crippen LogP contribution in [-0.2, 0) is 9.53 Å². The molecule has 0 saturated carbocycles. The largest absolute Gasteiger partial charge is 1.00 e. The van der Waals surface area contributed by atoms with Crippen LogP contribution in [0.5, 0.6) is 0 Å². The first-order valence-electron chi connectivity index (χ1n) is 5.46. The Kier molecular flexibility index (Phi) is 8.57. The van der Waals surface area contributed by atoms with Crippen molar-refractivity contribution in [3.63, 3.8) is 0 Å². The maximum absolute atomic E-state index is 11.4. The van der Waals surface area contributed by atoms with Gasteiger partial charge in [0.1, 0.15) is 0 Å². The fraction of sp³-hybridized carbons (Fsp3) is 0.750. The van der Waals surface area contributed by atoms with Gasteiger partial charge in [0, 0.05) is 12.0 Å². The van der Waals surface area contributed by atoms with Crippen LogP contribution in [-0.4, -0.2) is 37.8 Å². The van der Waals surface area contributed by atoms with Crippen LogP contribution in [0, 0.1) is 0 Å². The molecule has 0 radical (unpaired) electrons. The molecule has 0 spiro atoms. The molecule has 0 bridgehead atoms. The Morgan fingerprint density at radius 3 is 2.19 bits per heavy atom. The number of rotatable bonds is 6. The Balaban J connectivity index is 0. The smallest absolute Gasteiger partial charge is 0.337 e. The minimum absolute atomic E-state index is 0. The number of unbranched alkanes of at least 4 members (excludes halogenated alkanes) is 1. The SMILES string of the molecule is C=C(C)C(=O)OC(CCCC)[N+](C)(C)C.[Cl-]. The summed E-state index contributed by atoms with van der Waals surface area (Å²) < 4.78 is 6.05. The van der Waals surface area contributed by atoms with Gasteiger partial charge in [-0.15, -0.1) is 0 Å². The zero-order valence-corrected chi connectivity index (χ0v) is 11.8.